The third-order valence-corrected chi connectivity index (χ3v) is 1.35. The molecule has 0 bridgehead atoms. The van der Waals surface area contributed by atoms with Crippen LogP contribution in [0.1, 0.15) is 13.8 Å². The van der Waals surface area contributed by atoms with Gasteiger partial charge in [-0.15, -0.1) is 0 Å². The van der Waals surface area contributed by atoms with E-state index in [1.54, 1.807) is 13.8 Å². The summed E-state index contributed by atoms with van der Waals surface area (Å²) in [6, 6.07) is 0. The minimum absolute atomic E-state index is 0.101. The Hall–Kier alpha value is -2.25. The third kappa shape index (κ3) is 6.77. The molecule has 0 aliphatic heterocycles. The minimum atomic E-state index is -1.42. The number of hydrogen-bond acceptors (Lipinski definition) is 5. The average molecular weight is 246 g/mol. The van der Waals surface area contributed by atoms with Crippen molar-refractivity contribution >= 4 is 18.2 Å². The molecular formula is C9H14N2O6. The van der Waals surface area contributed by atoms with Crippen LogP contribution in [-0.4, -0.2) is 36.5 Å². The second-order valence-corrected chi connectivity index (χ2v) is 2.57. The first-order chi connectivity index (χ1) is 8.01. The van der Waals surface area contributed by atoms with Gasteiger partial charge in [0, 0.05) is 6.20 Å². The van der Waals surface area contributed by atoms with Crippen molar-refractivity contribution in [2.24, 2.45) is 0 Å². The number of ether oxygens (including phenoxy) is 2. The largest absolute Gasteiger partial charge is 0.477 e. The van der Waals surface area contributed by atoms with E-state index >= 15 is 0 Å². The van der Waals surface area contributed by atoms with E-state index in [9.17, 15) is 14.4 Å². The normalized spacial score (nSPS) is 10.4. The van der Waals surface area contributed by atoms with Gasteiger partial charge < -0.3 is 14.6 Å². The summed E-state index contributed by atoms with van der Waals surface area (Å²) >= 11 is 0. The monoisotopic (exact) mass is 246 g/mol. The number of rotatable bonds is 5. The van der Waals surface area contributed by atoms with E-state index in [0.717, 1.165) is 6.20 Å². The summed E-state index contributed by atoms with van der Waals surface area (Å²) < 4.78 is 8.97. The number of carbonyl (C=O) groups excluding carboxylic acids is 2. The Morgan fingerprint density at radius 1 is 1.12 bits per heavy atom. The van der Waals surface area contributed by atoms with Gasteiger partial charge in [-0.3, -0.25) is 10.6 Å². The zero-order valence-electron chi connectivity index (χ0n) is 9.48. The van der Waals surface area contributed by atoms with Gasteiger partial charge in [0.2, 0.25) is 0 Å². The molecule has 0 aliphatic rings. The fourth-order valence-electron chi connectivity index (χ4n) is 0.732. The molecule has 0 radical (unpaired) electrons. The molecule has 8 nitrogen and oxygen atoms in total. The van der Waals surface area contributed by atoms with E-state index in [1.165, 1.54) is 0 Å². The lowest BCUT2D eigenvalue weighted by Crippen LogP contribution is -2.30. The van der Waals surface area contributed by atoms with Gasteiger partial charge in [-0.05, 0) is 13.8 Å². The lowest BCUT2D eigenvalue weighted by Gasteiger charge is -2.06. The molecular weight excluding hydrogens is 232 g/mol. The highest BCUT2D eigenvalue weighted by Gasteiger charge is 2.12. The van der Waals surface area contributed by atoms with Crippen LogP contribution in [0.3, 0.4) is 0 Å². The van der Waals surface area contributed by atoms with E-state index in [4.69, 9.17) is 5.11 Å². The molecule has 96 valence electrons. The number of nitrogens with one attached hydrogen (secondary N) is 2. The molecule has 3 N–H and O–H groups in total. The molecule has 0 fully saturated rings. The predicted octanol–water partition coefficient (Wildman–Crippen LogP) is 0.405. The van der Waals surface area contributed by atoms with Crippen LogP contribution in [0, 0.1) is 0 Å². The van der Waals surface area contributed by atoms with E-state index in [-0.39, 0.29) is 13.2 Å². The standard InChI is InChI=1S/C9H14N2O6/c1-3-16-8(14)10-5-6(7(12)13)11-9(15)17-4-2/h5H,3-4H2,1-2H3,(H,10,14)(H,11,15)(H,12,13). The highest BCUT2D eigenvalue weighted by Crippen LogP contribution is 1.90. The molecule has 0 atom stereocenters. The molecule has 17 heavy (non-hydrogen) atoms. The minimum Gasteiger partial charge on any atom is -0.477 e. The summed E-state index contributed by atoms with van der Waals surface area (Å²) in [6.07, 6.45) is -0.944. The molecule has 0 unspecified atom stereocenters. The fourth-order valence-corrected chi connectivity index (χ4v) is 0.732. The van der Waals surface area contributed by atoms with Crippen LogP contribution in [-0.2, 0) is 14.3 Å². The van der Waals surface area contributed by atoms with Crippen molar-refractivity contribution in [2.75, 3.05) is 13.2 Å². The van der Waals surface area contributed by atoms with Crippen LogP contribution >= 0.6 is 0 Å². The fraction of sp³-hybridized carbons (Fsp3) is 0.444. The molecule has 0 aromatic rings. The number of hydrogen-bond donors (Lipinski definition) is 3. The van der Waals surface area contributed by atoms with Crippen molar-refractivity contribution < 1.29 is 29.0 Å². The first-order valence-electron chi connectivity index (χ1n) is 4.81. The van der Waals surface area contributed by atoms with E-state index in [1.807, 2.05) is 10.6 Å². The maximum Gasteiger partial charge on any atom is 0.411 e. The summed E-state index contributed by atoms with van der Waals surface area (Å²) in [6.45, 7) is 3.41. The lowest BCUT2D eigenvalue weighted by molar-refractivity contribution is -0.133. The zero-order valence-corrected chi connectivity index (χ0v) is 9.48. The van der Waals surface area contributed by atoms with Gasteiger partial charge in [0.25, 0.3) is 0 Å². The molecule has 0 aromatic heterocycles. The summed E-state index contributed by atoms with van der Waals surface area (Å²) in [5.74, 6) is -1.42. The Balaban J connectivity index is 4.42. The molecule has 8 heteroatoms. The maximum atomic E-state index is 10.9. The molecule has 0 spiro atoms. The first kappa shape index (κ1) is 14.8. The van der Waals surface area contributed by atoms with E-state index < -0.39 is 23.9 Å². The SMILES string of the molecule is CCOC(=O)NC=C(NC(=O)OCC)C(=O)O. The van der Waals surface area contributed by atoms with Crippen molar-refractivity contribution in [1.82, 2.24) is 10.6 Å². The van der Waals surface area contributed by atoms with Crippen LogP contribution in [0.4, 0.5) is 9.59 Å². The Bertz CT molecular complexity index is 325. The Morgan fingerprint density at radius 3 is 2.12 bits per heavy atom. The Morgan fingerprint density at radius 2 is 1.65 bits per heavy atom. The van der Waals surface area contributed by atoms with Gasteiger partial charge in [-0.1, -0.05) is 0 Å². The number of alkyl carbamates (subject to hydrolysis) is 2. The quantitative estimate of drug-likeness (QED) is 0.605. The third-order valence-electron chi connectivity index (χ3n) is 1.35. The van der Waals surface area contributed by atoms with Crippen molar-refractivity contribution in [3.8, 4) is 0 Å². The summed E-state index contributed by atoms with van der Waals surface area (Å²) in [4.78, 5) is 32.5. The number of aliphatic carboxylic acids is 1. The van der Waals surface area contributed by atoms with Crippen LogP contribution in [0.5, 0.6) is 0 Å². The number of carboxylic acids is 1. The van der Waals surface area contributed by atoms with Crippen LogP contribution in [0.2, 0.25) is 0 Å². The second-order valence-electron chi connectivity index (χ2n) is 2.57. The molecule has 0 saturated heterocycles. The average Bonchev–Trinajstić information content (AvgIpc) is 2.24. The van der Waals surface area contributed by atoms with Gasteiger partial charge in [0.05, 0.1) is 13.2 Å². The molecule has 2 amide bonds. The predicted molar refractivity (Wildman–Crippen MR) is 56.0 cm³/mol. The van der Waals surface area contributed by atoms with Crippen molar-refractivity contribution in [2.45, 2.75) is 13.8 Å². The van der Waals surface area contributed by atoms with Gasteiger partial charge in [-0.25, -0.2) is 14.4 Å². The van der Waals surface area contributed by atoms with Crippen LogP contribution < -0.4 is 10.6 Å². The summed E-state index contributed by atoms with van der Waals surface area (Å²) in [7, 11) is 0. The van der Waals surface area contributed by atoms with Gasteiger partial charge in [0.1, 0.15) is 5.70 Å². The van der Waals surface area contributed by atoms with Gasteiger partial charge >= 0.3 is 18.2 Å². The molecule has 0 aromatic carbocycles. The highest BCUT2D eigenvalue weighted by atomic mass is 16.6. The molecule has 0 saturated carbocycles. The first-order valence-corrected chi connectivity index (χ1v) is 4.81. The summed E-state index contributed by atoms with van der Waals surface area (Å²) in [5, 5.41) is 12.7. The molecule has 0 aliphatic carbocycles. The second kappa shape index (κ2) is 7.97. The molecule has 0 heterocycles. The number of amides is 2. The lowest BCUT2D eigenvalue weighted by atomic mass is 10.5. The number of carboxylic acid groups (broad SMARTS) is 1. The number of carbonyl (C=O) groups is 3. The van der Waals surface area contributed by atoms with E-state index in [2.05, 4.69) is 9.47 Å². The molecule has 0 rings (SSSR count). The van der Waals surface area contributed by atoms with Crippen molar-refractivity contribution in [3.05, 3.63) is 11.9 Å². The highest BCUT2D eigenvalue weighted by molar-refractivity contribution is 5.91. The van der Waals surface area contributed by atoms with Crippen LogP contribution in [0.15, 0.2) is 11.9 Å². The van der Waals surface area contributed by atoms with Gasteiger partial charge in [0.15, 0.2) is 0 Å². The maximum absolute atomic E-state index is 10.9. The smallest absolute Gasteiger partial charge is 0.411 e. The van der Waals surface area contributed by atoms with Gasteiger partial charge in [-0.2, -0.15) is 0 Å². The summed E-state index contributed by atoms with van der Waals surface area (Å²) in [5.41, 5.74) is -0.531. The topological polar surface area (TPSA) is 114 Å². The van der Waals surface area contributed by atoms with Crippen molar-refractivity contribution in [3.63, 3.8) is 0 Å². The Kier molecular flexibility index (Phi) is 6.91. The Labute approximate surface area is 97.6 Å². The van der Waals surface area contributed by atoms with Crippen LogP contribution in [0.25, 0.3) is 0 Å². The van der Waals surface area contributed by atoms with E-state index in [0.29, 0.717) is 0 Å². The van der Waals surface area contributed by atoms with Crippen molar-refractivity contribution in [1.29, 1.82) is 0 Å². The zero-order chi connectivity index (χ0) is 13.3.